The van der Waals surface area contributed by atoms with Crippen molar-refractivity contribution in [2.45, 2.75) is 33.0 Å². The van der Waals surface area contributed by atoms with Crippen LogP contribution in [-0.2, 0) is 21.0 Å². The molecule has 0 radical (unpaired) electrons. The van der Waals surface area contributed by atoms with Gasteiger partial charge in [-0.3, -0.25) is 9.63 Å². The van der Waals surface area contributed by atoms with Crippen molar-refractivity contribution in [2.75, 3.05) is 20.8 Å². The topological polar surface area (TPSA) is 59.0 Å². The molecule has 1 aromatic rings. The molecule has 0 aliphatic carbocycles. The Balaban J connectivity index is 2.52. The van der Waals surface area contributed by atoms with Gasteiger partial charge in [-0.2, -0.15) is 0 Å². The number of aliphatic hydroxyl groups excluding tert-OH is 1. The fourth-order valence-electron chi connectivity index (χ4n) is 2.20. The predicted molar refractivity (Wildman–Crippen MR) is 84.8 cm³/mol. The number of ether oxygens (including phenoxy) is 1. The van der Waals surface area contributed by atoms with Crippen molar-refractivity contribution in [1.29, 1.82) is 0 Å². The molecule has 0 aliphatic rings. The van der Waals surface area contributed by atoms with E-state index in [4.69, 9.17) is 9.57 Å². The summed E-state index contributed by atoms with van der Waals surface area (Å²) in [5.41, 5.74) is 1.09. The number of amides is 1. The molecule has 5 nitrogen and oxygen atoms in total. The number of hydroxylamine groups is 2. The van der Waals surface area contributed by atoms with Gasteiger partial charge in [-0.05, 0) is 17.9 Å². The van der Waals surface area contributed by atoms with Crippen molar-refractivity contribution < 1.29 is 19.5 Å². The Kier molecular flexibility index (Phi) is 8.09. The van der Waals surface area contributed by atoms with Gasteiger partial charge in [0.2, 0.25) is 0 Å². The second kappa shape index (κ2) is 9.56. The first-order chi connectivity index (χ1) is 10.5. The number of nitrogens with zero attached hydrogens (tertiary/aromatic N) is 1. The van der Waals surface area contributed by atoms with E-state index < -0.39 is 12.0 Å². The lowest BCUT2D eigenvalue weighted by Gasteiger charge is -2.27. The van der Waals surface area contributed by atoms with Crippen LogP contribution in [0.25, 0.3) is 0 Å². The van der Waals surface area contributed by atoms with Crippen LogP contribution in [0.3, 0.4) is 0 Å². The van der Waals surface area contributed by atoms with Gasteiger partial charge in [0.05, 0.1) is 25.7 Å². The zero-order chi connectivity index (χ0) is 16.5. The monoisotopic (exact) mass is 309 g/mol. The second-order valence-corrected chi connectivity index (χ2v) is 5.69. The number of carbonyl (C=O) groups is 1. The SMILES string of the molecule is CON(C)C(=O)C(CCOCc1ccccc1)C(O)C(C)C. The summed E-state index contributed by atoms with van der Waals surface area (Å²) in [6, 6.07) is 9.86. The number of benzene rings is 1. The van der Waals surface area contributed by atoms with E-state index in [0.717, 1.165) is 10.6 Å². The third-order valence-electron chi connectivity index (χ3n) is 3.68. The highest BCUT2D eigenvalue weighted by Crippen LogP contribution is 2.19. The Bertz CT molecular complexity index is 436. The summed E-state index contributed by atoms with van der Waals surface area (Å²) in [7, 11) is 2.98. The molecule has 1 amide bonds. The number of hydrogen-bond donors (Lipinski definition) is 1. The van der Waals surface area contributed by atoms with Crippen molar-refractivity contribution in [1.82, 2.24) is 5.06 Å². The van der Waals surface area contributed by atoms with Crippen LogP contribution in [0, 0.1) is 11.8 Å². The molecule has 0 heterocycles. The molecule has 22 heavy (non-hydrogen) atoms. The van der Waals surface area contributed by atoms with E-state index in [1.54, 1.807) is 7.05 Å². The molecule has 2 unspecified atom stereocenters. The number of rotatable bonds is 9. The highest BCUT2D eigenvalue weighted by atomic mass is 16.7. The average molecular weight is 309 g/mol. The van der Waals surface area contributed by atoms with Gasteiger partial charge in [-0.15, -0.1) is 0 Å². The van der Waals surface area contributed by atoms with E-state index in [9.17, 15) is 9.90 Å². The zero-order valence-electron chi connectivity index (χ0n) is 13.9. The van der Waals surface area contributed by atoms with E-state index in [1.807, 2.05) is 44.2 Å². The van der Waals surface area contributed by atoms with Crippen LogP contribution in [0.1, 0.15) is 25.8 Å². The summed E-state index contributed by atoms with van der Waals surface area (Å²) in [5, 5.41) is 11.4. The van der Waals surface area contributed by atoms with E-state index >= 15 is 0 Å². The molecule has 1 rings (SSSR count). The summed E-state index contributed by atoms with van der Waals surface area (Å²) < 4.78 is 5.62. The predicted octanol–water partition coefficient (Wildman–Crippen LogP) is 2.25. The largest absolute Gasteiger partial charge is 0.392 e. The number of hydrogen-bond acceptors (Lipinski definition) is 4. The Morgan fingerprint density at radius 3 is 2.45 bits per heavy atom. The maximum atomic E-state index is 12.3. The number of carbonyl (C=O) groups excluding carboxylic acids is 1. The second-order valence-electron chi connectivity index (χ2n) is 5.69. The normalized spacial score (nSPS) is 13.9. The highest BCUT2D eigenvalue weighted by Gasteiger charge is 2.31. The van der Waals surface area contributed by atoms with Crippen LogP contribution in [0.4, 0.5) is 0 Å². The molecule has 0 aliphatic heterocycles. The van der Waals surface area contributed by atoms with Crippen LogP contribution >= 0.6 is 0 Å². The van der Waals surface area contributed by atoms with Crippen molar-refractivity contribution in [2.24, 2.45) is 11.8 Å². The molecule has 0 fully saturated rings. The zero-order valence-corrected chi connectivity index (χ0v) is 13.9. The lowest BCUT2D eigenvalue weighted by molar-refractivity contribution is -0.179. The third-order valence-corrected chi connectivity index (χ3v) is 3.68. The van der Waals surface area contributed by atoms with Crippen molar-refractivity contribution in [3.05, 3.63) is 35.9 Å². The summed E-state index contributed by atoms with van der Waals surface area (Å²) in [5.74, 6) is -0.763. The maximum Gasteiger partial charge on any atom is 0.251 e. The van der Waals surface area contributed by atoms with E-state index in [0.29, 0.717) is 19.6 Å². The highest BCUT2D eigenvalue weighted by molar-refractivity contribution is 5.78. The minimum absolute atomic E-state index is 0.00618. The van der Waals surface area contributed by atoms with Crippen LogP contribution in [-0.4, -0.2) is 42.9 Å². The molecule has 1 N–H and O–H groups in total. The van der Waals surface area contributed by atoms with Gasteiger partial charge in [0.15, 0.2) is 0 Å². The van der Waals surface area contributed by atoms with Crippen LogP contribution in [0.5, 0.6) is 0 Å². The lowest BCUT2D eigenvalue weighted by Crippen LogP contribution is -2.41. The lowest BCUT2D eigenvalue weighted by atomic mass is 9.90. The molecule has 0 aromatic heterocycles. The Hall–Kier alpha value is -1.43. The Morgan fingerprint density at radius 1 is 1.27 bits per heavy atom. The minimum Gasteiger partial charge on any atom is -0.392 e. The molecular weight excluding hydrogens is 282 g/mol. The van der Waals surface area contributed by atoms with Crippen LogP contribution < -0.4 is 0 Å². The molecule has 2 atom stereocenters. The van der Waals surface area contributed by atoms with Gasteiger partial charge >= 0.3 is 0 Å². The summed E-state index contributed by atoms with van der Waals surface area (Å²) >= 11 is 0. The standard InChI is InChI=1S/C17H27NO4/c1-13(2)16(19)15(17(20)18(3)21-4)10-11-22-12-14-8-6-5-7-9-14/h5-9,13,15-16,19H,10-12H2,1-4H3. The molecule has 5 heteroatoms. The van der Waals surface area contributed by atoms with Gasteiger partial charge in [-0.25, -0.2) is 5.06 Å². The van der Waals surface area contributed by atoms with Gasteiger partial charge in [0, 0.05) is 13.7 Å². The van der Waals surface area contributed by atoms with E-state index in [-0.39, 0.29) is 11.8 Å². The Morgan fingerprint density at radius 2 is 1.91 bits per heavy atom. The molecule has 0 spiro atoms. The molecule has 124 valence electrons. The molecular formula is C17H27NO4. The maximum absolute atomic E-state index is 12.3. The van der Waals surface area contributed by atoms with Crippen LogP contribution in [0.15, 0.2) is 30.3 Å². The number of aliphatic hydroxyl groups is 1. The fourth-order valence-corrected chi connectivity index (χ4v) is 2.20. The van der Waals surface area contributed by atoms with Gasteiger partial charge in [0.25, 0.3) is 5.91 Å². The first kappa shape index (κ1) is 18.6. The molecule has 0 saturated carbocycles. The average Bonchev–Trinajstić information content (AvgIpc) is 2.53. The molecule has 0 saturated heterocycles. The summed E-state index contributed by atoms with van der Waals surface area (Å²) in [4.78, 5) is 17.2. The van der Waals surface area contributed by atoms with Crippen molar-refractivity contribution in [3.63, 3.8) is 0 Å². The minimum atomic E-state index is -0.717. The van der Waals surface area contributed by atoms with Gasteiger partial charge in [0.1, 0.15) is 0 Å². The smallest absolute Gasteiger partial charge is 0.251 e. The third kappa shape index (κ3) is 5.75. The van der Waals surface area contributed by atoms with Crippen molar-refractivity contribution >= 4 is 5.91 Å². The van der Waals surface area contributed by atoms with E-state index in [1.165, 1.54) is 7.11 Å². The molecule has 0 bridgehead atoms. The first-order valence-corrected chi connectivity index (χ1v) is 7.58. The molecule has 1 aromatic carbocycles. The van der Waals surface area contributed by atoms with Gasteiger partial charge < -0.3 is 9.84 Å². The summed E-state index contributed by atoms with van der Waals surface area (Å²) in [6.07, 6.45) is -0.260. The van der Waals surface area contributed by atoms with Crippen LogP contribution in [0.2, 0.25) is 0 Å². The first-order valence-electron chi connectivity index (χ1n) is 7.58. The Labute approximate surface area is 132 Å². The van der Waals surface area contributed by atoms with Crippen molar-refractivity contribution in [3.8, 4) is 0 Å². The summed E-state index contributed by atoms with van der Waals surface area (Å²) in [6.45, 7) is 4.69. The van der Waals surface area contributed by atoms with Gasteiger partial charge in [-0.1, -0.05) is 44.2 Å². The van der Waals surface area contributed by atoms with E-state index in [2.05, 4.69) is 0 Å². The quantitative estimate of drug-likeness (QED) is 0.561. The fraction of sp³-hybridized carbons (Fsp3) is 0.588.